The number of nitrogens with one attached hydrogen (secondary N) is 1. The molecule has 0 saturated heterocycles. The van der Waals surface area contributed by atoms with Crippen molar-refractivity contribution >= 4 is 17.7 Å². The van der Waals surface area contributed by atoms with E-state index in [0.29, 0.717) is 11.1 Å². The van der Waals surface area contributed by atoms with Crippen LogP contribution in [0, 0.1) is 0 Å². The van der Waals surface area contributed by atoms with Gasteiger partial charge in [0.15, 0.2) is 5.78 Å². The van der Waals surface area contributed by atoms with Gasteiger partial charge in [0.1, 0.15) is 5.60 Å². The molecule has 6 heteroatoms. The van der Waals surface area contributed by atoms with Crippen molar-refractivity contribution < 1.29 is 24.3 Å². The summed E-state index contributed by atoms with van der Waals surface area (Å²) in [5, 5.41) is 8.78. The van der Waals surface area contributed by atoms with Gasteiger partial charge in [0.25, 0.3) is 5.91 Å². The Morgan fingerprint density at radius 3 is 1.87 bits per heavy atom. The Morgan fingerprint density at radius 2 is 1.35 bits per heavy atom. The summed E-state index contributed by atoms with van der Waals surface area (Å²) in [5.74, 6) is -1.00. The van der Waals surface area contributed by atoms with Crippen LogP contribution in [0.5, 0.6) is 0 Å². The van der Waals surface area contributed by atoms with Crippen LogP contribution in [0.2, 0.25) is 0 Å². The molecule has 0 spiro atoms. The quantitative estimate of drug-likeness (QED) is 0.310. The van der Waals surface area contributed by atoms with E-state index in [0.717, 1.165) is 37.7 Å². The molecule has 0 heterocycles. The molecule has 3 rings (SSSR count). The highest BCUT2D eigenvalue weighted by Crippen LogP contribution is 2.42. The summed E-state index contributed by atoms with van der Waals surface area (Å²) in [6.07, 6.45) is 4.45. The molecule has 1 aliphatic rings. The molecule has 0 radical (unpaired) electrons. The first-order valence-corrected chi connectivity index (χ1v) is 10.6. The molecule has 2 N–H and O–H groups in total. The molecule has 6 nitrogen and oxygen atoms in total. The summed E-state index contributed by atoms with van der Waals surface area (Å²) in [6, 6.07) is 13.5. The number of amides is 1. The molecule has 2 aromatic carbocycles. The van der Waals surface area contributed by atoms with E-state index in [1.807, 2.05) is 32.9 Å². The second kappa shape index (κ2) is 9.02. The van der Waals surface area contributed by atoms with Gasteiger partial charge in [-0.15, -0.1) is 0 Å². The van der Waals surface area contributed by atoms with Crippen LogP contribution in [0.1, 0.15) is 89.5 Å². The molecule has 0 bridgehead atoms. The zero-order valence-corrected chi connectivity index (χ0v) is 18.2. The molecule has 0 atom stereocenters. The Balaban J connectivity index is 1.91. The number of carbonyl (C=O) groups is 3. The largest absolute Gasteiger partial charge is 0.456 e. The van der Waals surface area contributed by atoms with Gasteiger partial charge in [-0.3, -0.25) is 14.8 Å². The van der Waals surface area contributed by atoms with Crippen LogP contribution in [0.4, 0.5) is 0 Å². The number of rotatable bonds is 5. The lowest BCUT2D eigenvalue weighted by Gasteiger charge is -2.36. The lowest BCUT2D eigenvalue weighted by atomic mass is 9.65. The van der Waals surface area contributed by atoms with E-state index in [-0.39, 0.29) is 17.3 Å². The lowest BCUT2D eigenvalue weighted by Crippen LogP contribution is -2.38. The number of carbonyl (C=O) groups excluding carboxylic acids is 3. The number of ether oxygens (including phenoxy) is 1. The second-order valence-corrected chi connectivity index (χ2v) is 9.07. The molecule has 1 amide bonds. The van der Waals surface area contributed by atoms with Crippen LogP contribution in [0.3, 0.4) is 0 Å². The fourth-order valence-electron chi connectivity index (χ4n) is 4.18. The maximum absolute atomic E-state index is 13.6. The van der Waals surface area contributed by atoms with Gasteiger partial charge in [-0.1, -0.05) is 43.5 Å². The smallest absolute Gasteiger partial charge is 0.338 e. The summed E-state index contributed by atoms with van der Waals surface area (Å²) >= 11 is 0. The van der Waals surface area contributed by atoms with Crippen molar-refractivity contribution in [3.8, 4) is 0 Å². The first kappa shape index (κ1) is 22.7. The highest BCUT2D eigenvalue weighted by molar-refractivity contribution is 6.05. The molecule has 0 aromatic heterocycles. The molecule has 2 aromatic rings. The Kier molecular flexibility index (Phi) is 6.60. The summed E-state index contributed by atoms with van der Waals surface area (Å²) < 4.78 is 5.43. The molecule has 164 valence electrons. The normalized spacial score (nSPS) is 15.7. The van der Waals surface area contributed by atoms with Crippen molar-refractivity contribution in [1.82, 2.24) is 5.48 Å². The summed E-state index contributed by atoms with van der Waals surface area (Å²) in [7, 11) is 0. The lowest BCUT2D eigenvalue weighted by molar-refractivity contribution is 0.00693. The summed E-state index contributed by atoms with van der Waals surface area (Å²) in [5.41, 5.74) is 2.50. The fraction of sp³-hybridized carbons (Fsp3) is 0.400. The van der Waals surface area contributed by atoms with Crippen molar-refractivity contribution in [3.05, 3.63) is 70.8 Å². The van der Waals surface area contributed by atoms with Crippen molar-refractivity contribution in [3.63, 3.8) is 0 Å². The number of hydroxylamine groups is 1. The van der Waals surface area contributed by atoms with E-state index in [2.05, 4.69) is 0 Å². The minimum Gasteiger partial charge on any atom is -0.456 e. The van der Waals surface area contributed by atoms with Gasteiger partial charge >= 0.3 is 5.97 Å². The molecule has 1 fully saturated rings. The SMILES string of the molecule is CC(C)(C)OC(=O)c1ccc(C2(C(=O)c3ccc(C(=O)NO)cc3)CCCCC2)cc1. The van der Waals surface area contributed by atoms with Gasteiger partial charge < -0.3 is 4.74 Å². The zero-order valence-electron chi connectivity index (χ0n) is 18.2. The van der Waals surface area contributed by atoms with Crippen LogP contribution in [0.15, 0.2) is 48.5 Å². The van der Waals surface area contributed by atoms with E-state index >= 15 is 0 Å². The molecule has 0 aliphatic heterocycles. The minimum atomic E-state index is -0.661. The Bertz CT molecular complexity index is 949. The number of hydrogen-bond donors (Lipinski definition) is 2. The first-order valence-electron chi connectivity index (χ1n) is 10.6. The highest BCUT2D eigenvalue weighted by atomic mass is 16.6. The van der Waals surface area contributed by atoms with E-state index in [1.165, 1.54) is 12.1 Å². The average molecular weight is 424 g/mol. The van der Waals surface area contributed by atoms with Crippen LogP contribution in [-0.4, -0.2) is 28.5 Å². The van der Waals surface area contributed by atoms with Gasteiger partial charge in [-0.05, 0) is 63.4 Å². The second-order valence-electron chi connectivity index (χ2n) is 9.07. The molecule has 31 heavy (non-hydrogen) atoms. The fourth-order valence-corrected chi connectivity index (χ4v) is 4.18. The number of esters is 1. The molecule has 1 aliphatic carbocycles. The van der Waals surface area contributed by atoms with Crippen molar-refractivity contribution in [2.24, 2.45) is 0 Å². The Hall–Kier alpha value is -2.99. The number of Topliss-reactive ketones (excluding diaryl/α,β-unsaturated/α-hetero) is 1. The van der Waals surface area contributed by atoms with Crippen LogP contribution in [0.25, 0.3) is 0 Å². The van der Waals surface area contributed by atoms with Crippen LogP contribution < -0.4 is 5.48 Å². The Morgan fingerprint density at radius 1 is 0.839 bits per heavy atom. The Labute approximate surface area is 182 Å². The minimum absolute atomic E-state index is 0.00757. The highest BCUT2D eigenvalue weighted by Gasteiger charge is 2.41. The predicted octanol–water partition coefficient (Wildman–Crippen LogP) is 4.85. The average Bonchev–Trinajstić information content (AvgIpc) is 2.77. The molecule has 0 unspecified atom stereocenters. The number of benzene rings is 2. The van der Waals surface area contributed by atoms with Gasteiger partial charge in [0.05, 0.1) is 11.0 Å². The molecular formula is C25H29NO5. The van der Waals surface area contributed by atoms with Crippen molar-refractivity contribution in [2.75, 3.05) is 0 Å². The van der Waals surface area contributed by atoms with Gasteiger partial charge in [0.2, 0.25) is 0 Å². The molecule has 1 saturated carbocycles. The number of ketones is 1. The van der Waals surface area contributed by atoms with Gasteiger partial charge in [-0.25, -0.2) is 10.3 Å². The third-order valence-corrected chi connectivity index (χ3v) is 5.72. The van der Waals surface area contributed by atoms with E-state index in [4.69, 9.17) is 9.94 Å². The standard InChI is InChI=1S/C25H29NO5/c1-24(2,3)31-23(29)19-11-13-20(14-12-19)25(15-5-4-6-16-25)21(27)17-7-9-18(10-8-17)22(28)26-30/h7-14,30H,4-6,15-16H2,1-3H3,(H,26,28). The van der Waals surface area contributed by atoms with Crippen LogP contribution >= 0.6 is 0 Å². The third-order valence-electron chi connectivity index (χ3n) is 5.72. The maximum atomic E-state index is 13.6. The zero-order chi connectivity index (χ0) is 22.6. The van der Waals surface area contributed by atoms with Crippen LogP contribution in [-0.2, 0) is 10.2 Å². The number of hydrogen-bond acceptors (Lipinski definition) is 5. The monoisotopic (exact) mass is 423 g/mol. The van der Waals surface area contributed by atoms with Gasteiger partial charge in [-0.2, -0.15) is 0 Å². The topological polar surface area (TPSA) is 92.7 Å². The van der Waals surface area contributed by atoms with E-state index in [1.54, 1.807) is 29.7 Å². The summed E-state index contributed by atoms with van der Waals surface area (Å²) in [4.78, 5) is 37.6. The van der Waals surface area contributed by atoms with Gasteiger partial charge in [0, 0.05) is 11.1 Å². The van der Waals surface area contributed by atoms with E-state index in [9.17, 15) is 14.4 Å². The third kappa shape index (κ3) is 5.02. The maximum Gasteiger partial charge on any atom is 0.338 e. The molecular weight excluding hydrogens is 394 g/mol. The predicted molar refractivity (Wildman–Crippen MR) is 116 cm³/mol. The summed E-state index contributed by atoms with van der Waals surface area (Å²) in [6.45, 7) is 5.47. The first-order chi connectivity index (χ1) is 14.7. The van der Waals surface area contributed by atoms with Crippen molar-refractivity contribution in [1.29, 1.82) is 0 Å². The van der Waals surface area contributed by atoms with Crippen molar-refractivity contribution in [2.45, 2.75) is 63.9 Å². The van der Waals surface area contributed by atoms with E-state index < -0.39 is 16.9 Å².